The molecule has 1 unspecified atom stereocenters. The van der Waals surface area contributed by atoms with Crippen LogP contribution in [0.4, 0.5) is 10.1 Å². The van der Waals surface area contributed by atoms with E-state index in [2.05, 4.69) is 5.32 Å². The molecular formula is C30H36FN3O4S. The molecule has 0 fully saturated rings. The summed E-state index contributed by atoms with van der Waals surface area (Å²) >= 11 is 0. The number of carbonyl (C=O) groups excluding carboxylic acids is 2. The van der Waals surface area contributed by atoms with Crippen molar-refractivity contribution in [2.45, 2.75) is 39.8 Å². The summed E-state index contributed by atoms with van der Waals surface area (Å²) in [5.74, 6) is -1.54. The molecule has 0 radical (unpaired) electrons. The van der Waals surface area contributed by atoms with Gasteiger partial charge in [-0.1, -0.05) is 80.6 Å². The fraction of sp³-hybridized carbons (Fsp3) is 0.333. The number of amides is 2. The maximum atomic E-state index is 14.7. The zero-order valence-corrected chi connectivity index (χ0v) is 23.6. The molecule has 0 saturated carbocycles. The Morgan fingerprint density at radius 3 is 2.15 bits per heavy atom. The summed E-state index contributed by atoms with van der Waals surface area (Å²) in [5, 5.41) is 2.94. The van der Waals surface area contributed by atoms with E-state index < -0.39 is 34.3 Å². The van der Waals surface area contributed by atoms with E-state index in [0.717, 1.165) is 33.3 Å². The number of rotatable bonds is 12. The summed E-state index contributed by atoms with van der Waals surface area (Å²) in [6, 6.07) is 21.3. The number of para-hydroxylation sites is 1. The average molecular weight is 554 g/mol. The lowest BCUT2D eigenvalue weighted by Gasteiger charge is -2.34. The number of nitrogens with zero attached hydrogens (tertiary/aromatic N) is 2. The molecule has 0 aliphatic carbocycles. The quantitative estimate of drug-likeness (QED) is 0.362. The second kappa shape index (κ2) is 13.4. The van der Waals surface area contributed by atoms with Crippen molar-refractivity contribution in [3.63, 3.8) is 0 Å². The minimum atomic E-state index is -4.03. The Balaban J connectivity index is 2.06. The molecule has 1 atom stereocenters. The number of carbonyl (C=O) groups is 2. The minimum Gasteiger partial charge on any atom is -0.354 e. The summed E-state index contributed by atoms with van der Waals surface area (Å²) in [7, 11) is -4.03. The third-order valence-electron chi connectivity index (χ3n) is 6.36. The van der Waals surface area contributed by atoms with Crippen LogP contribution >= 0.6 is 0 Å². The Kier molecular flexibility index (Phi) is 10.2. The smallest absolute Gasteiger partial charge is 0.244 e. The number of aryl methyl sites for hydroxylation is 1. The topological polar surface area (TPSA) is 86.8 Å². The molecule has 1 N–H and O–H groups in total. The Morgan fingerprint density at radius 1 is 0.923 bits per heavy atom. The van der Waals surface area contributed by atoms with Crippen molar-refractivity contribution in [1.29, 1.82) is 0 Å². The van der Waals surface area contributed by atoms with Gasteiger partial charge in [0, 0.05) is 19.5 Å². The molecule has 0 heterocycles. The van der Waals surface area contributed by atoms with Gasteiger partial charge in [0.2, 0.25) is 21.8 Å². The highest BCUT2D eigenvalue weighted by Gasteiger charge is 2.33. The fourth-order valence-electron chi connectivity index (χ4n) is 4.20. The molecule has 0 spiro atoms. The molecule has 7 nitrogen and oxygen atoms in total. The molecule has 0 bridgehead atoms. The molecule has 0 aliphatic rings. The van der Waals surface area contributed by atoms with Crippen LogP contribution in [0.2, 0.25) is 0 Å². The van der Waals surface area contributed by atoms with Gasteiger partial charge in [-0.25, -0.2) is 12.8 Å². The SMILES string of the molecule is Cc1ccccc1CN(C(=O)CN(c1ccccc1F)S(C)(=O)=O)C(Cc1ccccc1)C(=O)NCC(C)C. The third-order valence-corrected chi connectivity index (χ3v) is 7.48. The average Bonchev–Trinajstić information content (AvgIpc) is 2.89. The van der Waals surface area contributed by atoms with Crippen molar-refractivity contribution in [1.82, 2.24) is 10.2 Å². The largest absolute Gasteiger partial charge is 0.354 e. The van der Waals surface area contributed by atoms with Gasteiger partial charge < -0.3 is 10.2 Å². The number of sulfonamides is 1. The number of halogens is 1. The molecule has 0 aliphatic heterocycles. The summed E-state index contributed by atoms with van der Waals surface area (Å²) < 4.78 is 40.9. The Morgan fingerprint density at radius 2 is 1.54 bits per heavy atom. The highest BCUT2D eigenvalue weighted by molar-refractivity contribution is 7.92. The fourth-order valence-corrected chi connectivity index (χ4v) is 5.05. The van der Waals surface area contributed by atoms with Gasteiger partial charge in [0.25, 0.3) is 0 Å². The lowest BCUT2D eigenvalue weighted by molar-refractivity contribution is -0.140. The van der Waals surface area contributed by atoms with Crippen molar-refractivity contribution in [3.8, 4) is 0 Å². The van der Waals surface area contributed by atoms with Crippen LogP contribution in [0.15, 0.2) is 78.9 Å². The first-order valence-electron chi connectivity index (χ1n) is 12.8. The van der Waals surface area contributed by atoms with Gasteiger partial charge in [0.1, 0.15) is 18.4 Å². The molecule has 0 saturated heterocycles. The lowest BCUT2D eigenvalue weighted by atomic mass is 10.0. The van der Waals surface area contributed by atoms with Crippen molar-refractivity contribution in [3.05, 3.63) is 101 Å². The van der Waals surface area contributed by atoms with Crippen LogP contribution in [-0.4, -0.2) is 50.5 Å². The zero-order chi connectivity index (χ0) is 28.6. The van der Waals surface area contributed by atoms with Crippen LogP contribution in [0.5, 0.6) is 0 Å². The summed E-state index contributed by atoms with van der Waals surface area (Å²) in [4.78, 5) is 29.0. The minimum absolute atomic E-state index is 0.0764. The molecule has 3 rings (SSSR count). The van der Waals surface area contributed by atoms with Crippen LogP contribution in [0.1, 0.15) is 30.5 Å². The normalized spacial score (nSPS) is 12.2. The molecule has 208 valence electrons. The third kappa shape index (κ3) is 8.38. The number of hydrogen-bond acceptors (Lipinski definition) is 4. The molecule has 39 heavy (non-hydrogen) atoms. The first-order chi connectivity index (χ1) is 18.5. The number of anilines is 1. The number of nitrogens with one attached hydrogen (secondary N) is 1. The highest BCUT2D eigenvalue weighted by atomic mass is 32.2. The van der Waals surface area contributed by atoms with Gasteiger partial charge in [0.15, 0.2) is 0 Å². The standard InChI is InChI=1S/C30H36FN3O4S/c1-22(2)19-32-30(36)28(18-24-13-6-5-7-14-24)33(20-25-15-9-8-12-23(25)3)29(35)21-34(39(4,37)38)27-17-11-10-16-26(27)31/h5-17,22,28H,18-21H2,1-4H3,(H,32,36). The van der Waals surface area contributed by atoms with Gasteiger partial charge in [-0.05, 0) is 41.7 Å². The summed E-state index contributed by atoms with van der Waals surface area (Å²) in [5.41, 5.74) is 2.36. The van der Waals surface area contributed by atoms with Gasteiger partial charge in [-0.15, -0.1) is 0 Å². The Bertz CT molecular complexity index is 1380. The molecular weight excluding hydrogens is 517 g/mol. The molecule has 3 aromatic rings. The van der Waals surface area contributed by atoms with E-state index >= 15 is 0 Å². The van der Waals surface area contributed by atoms with Gasteiger partial charge >= 0.3 is 0 Å². The van der Waals surface area contributed by atoms with Gasteiger partial charge in [0.05, 0.1) is 11.9 Å². The Hall–Kier alpha value is -3.72. The van der Waals surface area contributed by atoms with Crippen molar-refractivity contribution < 1.29 is 22.4 Å². The first kappa shape index (κ1) is 29.8. The second-order valence-corrected chi connectivity index (χ2v) is 11.9. The van der Waals surface area contributed by atoms with Crippen molar-refractivity contribution >= 4 is 27.5 Å². The predicted octanol–water partition coefficient (Wildman–Crippen LogP) is 4.31. The summed E-state index contributed by atoms with van der Waals surface area (Å²) in [6.45, 7) is 5.69. The molecule has 0 aromatic heterocycles. The number of benzene rings is 3. The van der Waals surface area contributed by atoms with Crippen LogP contribution in [0, 0.1) is 18.7 Å². The van der Waals surface area contributed by atoms with Gasteiger partial charge in [-0.2, -0.15) is 0 Å². The highest BCUT2D eigenvalue weighted by Crippen LogP contribution is 2.23. The zero-order valence-electron chi connectivity index (χ0n) is 22.8. The summed E-state index contributed by atoms with van der Waals surface area (Å²) in [6.07, 6.45) is 1.15. The maximum absolute atomic E-state index is 14.7. The van der Waals surface area contributed by atoms with E-state index in [-0.39, 0.29) is 30.5 Å². The lowest BCUT2D eigenvalue weighted by Crippen LogP contribution is -2.53. The van der Waals surface area contributed by atoms with E-state index in [0.29, 0.717) is 6.54 Å². The van der Waals surface area contributed by atoms with Crippen LogP contribution in [-0.2, 0) is 32.6 Å². The Labute approximate surface area is 230 Å². The van der Waals surface area contributed by atoms with E-state index in [9.17, 15) is 22.4 Å². The van der Waals surface area contributed by atoms with Crippen LogP contribution in [0.25, 0.3) is 0 Å². The van der Waals surface area contributed by atoms with E-state index in [1.807, 2.05) is 75.4 Å². The molecule has 9 heteroatoms. The van der Waals surface area contributed by atoms with E-state index in [4.69, 9.17) is 0 Å². The molecule has 3 aromatic carbocycles. The van der Waals surface area contributed by atoms with E-state index in [1.165, 1.54) is 23.1 Å². The first-order valence-corrected chi connectivity index (χ1v) is 14.7. The van der Waals surface area contributed by atoms with Crippen molar-refractivity contribution in [2.24, 2.45) is 5.92 Å². The van der Waals surface area contributed by atoms with Crippen molar-refractivity contribution in [2.75, 3.05) is 23.7 Å². The number of hydrogen-bond donors (Lipinski definition) is 1. The van der Waals surface area contributed by atoms with Crippen LogP contribution in [0.3, 0.4) is 0 Å². The van der Waals surface area contributed by atoms with Gasteiger partial charge in [-0.3, -0.25) is 13.9 Å². The molecule has 2 amide bonds. The van der Waals surface area contributed by atoms with E-state index in [1.54, 1.807) is 0 Å². The monoisotopic (exact) mass is 553 g/mol. The van der Waals surface area contributed by atoms with Crippen LogP contribution < -0.4 is 9.62 Å². The predicted molar refractivity (Wildman–Crippen MR) is 152 cm³/mol. The maximum Gasteiger partial charge on any atom is 0.244 e. The second-order valence-electron chi connectivity index (χ2n) is 10.0.